The Morgan fingerprint density at radius 3 is 3.00 bits per heavy atom. The molecule has 0 radical (unpaired) electrons. The first-order valence-electron chi connectivity index (χ1n) is 11.6. The maximum Gasteiger partial charge on any atom is 0.227 e. The van der Waals surface area contributed by atoms with Crippen LogP contribution in [0.4, 0.5) is 4.39 Å². The van der Waals surface area contributed by atoms with E-state index in [0.29, 0.717) is 37.6 Å². The number of benzene rings is 2. The zero-order chi connectivity index (χ0) is 24.2. The minimum Gasteiger partial charge on any atom is -0.485 e. The molecule has 5 rings (SSSR count). The van der Waals surface area contributed by atoms with Gasteiger partial charge in [-0.05, 0) is 29.7 Å². The highest BCUT2D eigenvalue weighted by Crippen LogP contribution is 2.28. The van der Waals surface area contributed by atoms with Crippen molar-refractivity contribution >= 4 is 16.7 Å². The highest BCUT2D eigenvalue weighted by molar-refractivity contribution is 5.89. The van der Waals surface area contributed by atoms with Gasteiger partial charge < -0.3 is 14.1 Å². The SMILES string of the molecule is CN(C(=O)Cc1cccc2cocc12)[C@H](CN1CC[C@H](F)C1)c1cccc(OCc2nn[nH]n2)c1. The van der Waals surface area contributed by atoms with Crippen molar-refractivity contribution in [2.45, 2.75) is 31.7 Å². The normalized spacial score (nSPS) is 17.0. The zero-order valence-electron chi connectivity index (χ0n) is 19.4. The summed E-state index contributed by atoms with van der Waals surface area (Å²) in [7, 11) is 1.80. The smallest absolute Gasteiger partial charge is 0.227 e. The van der Waals surface area contributed by atoms with Crippen LogP contribution in [0.15, 0.2) is 59.4 Å². The average molecular weight is 479 g/mol. The van der Waals surface area contributed by atoms with Gasteiger partial charge in [-0.15, -0.1) is 10.2 Å². The molecule has 1 saturated heterocycles. The third kappa shape index (κ3) is 5.32. The van der Waals surface area contributed by atoms with Crippen molar-refractivity contribution in [3.63, 3.8) is 0 Å². The molecule has 2 aromatic heterocycles. The molecule has 0 aliphatic carbocycles. The Labute approximate surface area is 201 Å². The lowest BCUT2D eigenvalue weighted by atomic mass is 10.0. The number of nitrogens with zero attached hydrogens (tertiary/aromatic N) is 5. The standard InChI is InChI=1S/C25H27FN6O3/c1-31(25(33)11-17-4-2-6-19-14-34-15-22(17)19)23(13-32-9-8-20(26)12-32)18-5-3-7-21(10-18)35-16-24-27-29-30-28-24/h2-7,10,14-15,20,23H,8-9,11-13,16H2,1H3,(H,27,28,29,30)/t20-,23+/m0/s1. The number of aromatic amines is 1. The van der Waals surface area contributed by atoms with Crippen LogP contribution in [0.25, 0.3) is 10.8 Å². The van der Waals surface area contributed by atoms with Crippen LogP contribution in [0.1, 0.15) is 29.4 Å². The van der Waals surface area contributed by atoms with E-state index >= 15 is 0 Å². The summed E-state index contributed by atoms with van der Waals surface area (Å²) >= 11 is 0. The van der Waals surface area contributed by atoms with Gasteiger partial charge >= 0.3 is 0 Å². The van der Waals surface area contributed by atoms with Gasteiger partial charge in [0.2, 0.25) is 11.7 Å². The first kappa shape index (κ1) is 23.0. The number of halogens is 1. The topological polar surface area (TPSA) is 100 Å². The van der Waals surface area contributed by atoms with E-state index in [4.69, 9.17) is 9.15 Å². The van der Waals surface area contributed by atoms with Gasteiger partial charge in [0.05, 0.1) is 25.0 Å². The molecule has 1 N–H and O–H groups in total. The summed E-state index contributed by atoms with van der Waals surface area (Å²) in [5.74, 6) is 1.04. The maximum atomic E-state index is 13.9. The molecule has 10 heteroatoms. The molecule has 1 aliphatic rings. The maximum absolute atomic E-state index is 13.9. The Hall–Kier alpha value is -3.79. The second-order valence-electron chi connectivity index (χ2n) is 8.82. The van der Waals surface area contributed by atoms with E-state index < -0.39 is 6.17 Å². The second kappa shape index (κ2) is 10.2. The molecular weight excluding hydrogens is 451 g/mol. The third-order valence-electron chi connectivity index (χ3n) is 6.46. The number of likely N-dealkylation sites (N-methyl/N-ethyl adjacent to an activating group) is 1. The molecule has 3 heterocycles. The number of alkyl halides is 1. The number of likely N-dealkylation sites (tertiary alicyclic amines) is 1. The van der Waals surface area contributed by atoms with Gasteiger partial charge in [-0.1, -0.05) is 35.5 Å². The van der Waals surface area contributed by atoms with Crippen LogP contribution in [-0.2, 0) is 17.8 Å². The molecule has 1 fully saturated rings. The van der Waals surface area contributed by atoms with Crippen LogP contribution in [0.3, 0.4) is 0 Å². The van der Waals surface area contributed by atoms with Gasteiger partial charge in [-0.2, -0.15) is 5.21 Å². The van der Waals surface area contributed by atoms with Crippen molar-refractivity contribution in [2.24, 2.45) is 0 Å². The number of ether oxygens (including phenoxy) is 1. The first-order chi connectivity index (χ1) is 17.1. The molecule has 4 aromatic rings. The average Bonchev–Trinajstić information content (AvgIpc) is 3.63. The number of furan rings is 1. The lowest BCUT2D eigenvalue weighted by Gasteiger charge is -2.32. The van der Waals surface area contributed by atoms with E-state index in [9.17, 15) is 9.18 Å². The van der Waals surface area contributed by atoms with E-state index in [1.165, 1.54) is 0 Å². The van der Waals surface area contributed by atoms with E-state index in [-0.39, 0.29) is 25.0 Å². The fraction of sp³-hybridized carbons (Fsp3) is 0.360. The highest BCUT2D eigenvalue weighted by Gasteiger charge is 2.29. The van der Waals surface area contributed by atoms with E-state index in [1.807, 2.05) is 42.5 Å². The van der Waals surface area contributed by atoms with Crippen molar-refractivity contribution in [2.75, 3.05) is 26.7 Å². The Morgan fingerprint density at radius 1 is 1.31 bits per heavy atom. The molecule has 1 amide bonds. The predicted molar refractivity (Wildman–Crippen MR) is 126 cm³/mol. The Morgan fingerprint density at radius 2 is 2.20 bits per heavy atom. The molecule has 0 saturated carbocycles. The number of rotatable bonds is 9. The second-order valence-corrected chi connectivity index (χ2v) is 8.82. The summed E-state index contributed by atoms with van der Waals surface area (Å²) in [5.41, 5.74) is 1.82. The molecular formula is C25H27FN6O3. The molecule has 2 aromatic carbocycles. The Balaban J connectivity index is 1.36. The predicted octanol–water partition coefficient (Wildman–Crippen LogP) is 3.31. The van der Waals surface area contributed by atoms with Crippen molar-refractivity contribution in [3.05, 3.63) is 71.9 Å². The first-order valence-corrected chi connectivity index (χ1v) is 11.6. The van der Waals surface area contributed by atoms with Gasteiger partial charge in [0.25, 0.3) is 0 Å². The summed E-state index contributed by atoms with van der Waals surface area (Å²) in [5, 5.41) is 15.6. The number of amides is 1. The number of carbonyl (C=O) groups is 1. The van der Waals surface area contributed by atoms with Gasteiger partial charge in [0.1, 0.15) is 11.9 Å². The minimum atomic E-state index is -0.833. The van der Waals surface area contributed by atoms with Crippen molar-refractivity contribution in [1.82, 2.24) is 30.4 Å². The van der Waals surface area contributed by atoms with Crippen molar-refractivity contribution < 1.29 is 18.3 Å². The molecule has 182 valence electrons. The molecule has 1 aliphatic heterocycles. The Kier molecular flexibility index (Phi) is 6.71. The van der Waals surface area contributed by atoms with Gasteiger partial charge in [0.15, 0.2) is 6.61 Å². The summed E-state index contributed by atoms with van der Waals surface area (Å²) < 4.78 is 25.1. The number of nitrogens with one attached hydrogen (secondary N) is 1. The van der Waals surface area contributed by atoms with Crippen molar-refractivity contribution in [1.29, 1.82) is 0 Å². The molecule has 0 unspecified atom stereocenters. The van der Waals surface area contributed by atoms with Crippen LogP contribution >= 0.6 is 0 Å². The van der Waals surface area contributed by atoms with Crippen LogP contribution in [0.2, 0.25) is 0 Å². The summed E-state index contributed by atoms with van der Waals surface area (Å²) in [4.78, 5) is 17.3. The van der Waals surface area contributed by atoms with Crippen LogP contribution in [0.5, 0.6) is 5.75 Å². The lowest BCUT2D eigenvalue weighted by molar-refractivity contribution is -0.131. The van der Waals surface area contributed by atoms with E-state index in [0.717, 1.165) is 21.9 Å². The fourth-order valence-electron chi connectivity index (χ4n) is 4.52. The number of tetrazole rings is 1. The van der Waals surface area contributed by atoms with E-state index in [1.54, 1.807) is 24.5 Å². The van der Waals surface area contributed by atoms with Gasteiger partial charge in [-0.25, -0.2) is 4.39 Å². The number of aromatic nitrogens is 4. The molecule has 9 nitrogen and oxygen atoms in total. The summed E-state index contributed by atoms with van der Waals surface area (Å²) in [6.07, 6.45) is 3.27. The molecule has 35 heavy (non-hydrogen) atoms. The molecule has 0 spiro atoms. The number of fused-ring (bicyclic) bond motifs is 1. The number of H-pyrrole nitrogens is 1. The summed E-state index contributed by atoms with van der Waals surface area (Å²) in [6, 6.07) is 13.2. The van der Waals surface area contributed by atoms with Gasteiger partial charge in [0, 0.05) is 37.5 Å². The van der Waals surface area contributed by atoms with Crippen LogP contribution < -0.4 is 4.74 Å². The third-order valence-corrected chi connectivity index (χ3v) is 6.46. The van der Waals surface area contributed by atoms with E-state index in [2.05, 4.69) is 25.5 Å². The zero-order valence-corrected chi connectivity index (χ0v) is 19.4. The minimum absolute atomic E-state index is 0.0298. The highest BCUT2D eigenvalue weighted by atomic mass is 19.1. The number of carbonyl (C=O) groups excluding carboxylic acids is 1. The monoisotopic (exact) mass is 478 g/mol. The Bertz CT molecular complexity index is 1280. The molecule has 0 bridgehead atoms. The number of hydrogen-bond acceptors (Lipinski definition) is 7. The number of hydrogen-bond donors (Lipinski definition) is 1. The van der Waals surface area contributed by atoms with Crippen molar-refractivity contribution in [3.8, 4) is 5.75 Å². The van der Waals surface area contributed by atoms with Crippen LogP contribution in [0, 0.1) is 0 Å². The van der Waals surface area contributed by atoms with Crippen LogP contribution in [-0.4, -0.2) is 69.2 Å². The summed E-state index contributed by atoms with van der Waals surface area (Å²) in [6.45, 7) is 1.75. The largest absolute Gasteiger partial charge is 0.485 e. The molecule has 2 atom stereocenters. The van der Waals surface area contributed by atoms with Gasteiger partial charge in [-0.3, -0.25) is 9.69 Å². The quantitative estimate of drug-likeness (QED) is 0.394. The fourth-order valence-corrected chi connectivity index (χ4v) is 4.52. The lowest BCUT2D eigenvalue weighted by Crippen LogP contribution is -2.39.